The van der Waals surface area contributed by atoms with Crippen molar-refractivity contribution in [2.24, 2.45) is 0 Å². The summed E-state index contributed by atoms with van der Waals surface area (Å²) in [5.74, 6) is 2.44. The Morgan fingerprint density at radius 2 is 2.05 bits per heavy atom. The predicted octanol–water partition coefficient (Wildman–Crippen LogP) is 1.53. The molecule has 1 aliphatic rings. The van der Waals surface area contributed by atoms with Crippen molar-refractivity contribution in [2.45, 2.75) is 45.1 Å². The zero-order chi connectivity index (χ0) is 15.6. The predicted molar refractivity (Wildman–Crippen MR) is 84.7 cm³/mol. The number of carbonyl (C=O) groups is 1. The fraction of sp³-hybridized carbons (Fsp3) is 0.667. The number of nitrogens with zero attached hydrogens (tertiary/aromatic N) is 3. The van der Waals surface area contributed by atoms with Gasteiger partial charge in [0, 0.05) is 32.1 Å². The lowest BCUT2D eigenvalue weighted by Gasteiger charge is -2.26. The summed E-state index contributed by atoms with van der Waals surface area (Å²) in [7, 11) is 3.52. The lowest BCUT2D eigenvalue weighted by atomic mass is 9.96. The molecule has 1 fully saturated rings. The Bertz CT molecular complexity index is 523. The average molecular weight is 291 g/mol. The van der Waals surface area contributed by atoms with Crippen LogP contribution in [-0.2, 0) is 10.2 Å². The molecule has 1 amide bonds. The first kappa shape index (κ1) is 15.5. The van der Waals surface area contributed by atoms with Crippen LogP contribution in [0.15, 0.2) is 6.07 Å². The number of carbonyl (C=O) groups excluding carboxylic acids is 1. The van der Waals surface area contributed by atoms with Crippen molar-refractivity contribution in [1.29, 1.82) is 0 Å². The highest BCUT2D eigenvalue weighted by atomic mass is 16.2. The SMILES string of the molecule is CNC(=O)C1CCCN1c1cc(NC)nc(C(C)(C)C)n1. The van der Waals surface area contributed by atoms with Crippen molar-refractivity contribution < 1.29 is 4.79 Å². The zero-order valence-corrected chi connectivity index (χ0v) is 13.5. The molecular formula is C15H25N5O. The van der Waals surface area contributed by atoms with Gasteiger partial charge in [0.1, 0.15) is 23.5 Å². The van der Waals surface area contributed by atoms with E-state index >= 15 is 0 Å². The summed E-state index contributed by atoms with van der Waals surface area (Å²) < 4.78 is 0. The number of likely N-dealkylation sites (N-methyl/N-ethyl adjacent to an activating group) is 1. The van der Waals surface area contributed by atoms with Crippen molar-refractivity contribution in [3.05, 3.63) is 11.9 Å². The highest BCUT2D eigenvalue weighted by Crippen LogP contribution is 2.28. The van der Waals surface area contributed by atoms with E-state index in [0.29, 0.717) is 0 Å². The fourth-order valence-corrected chi connectivity index (χ4v) is 2.53. The van der Waals surface area contributed by atoms with Crippen LogP contribution in [0.1, 0.15) is 39.4 Å². The molecule has 0 aromatic carbocycles. The van der Waals surface area contributed by atoms with Gasteiger partial charge in [-0.25, -0.2) is 9.97 Å². The molecule has 0 radical (unpaired) electrons. The summed E-state index contributed by atoms with van der Waals surface area (Å²) in [4.78, 5) is 23.3. The van der Waals surface area contributed by atoms with E-state index in [9.17, 15) is 4.79 Å². The van der Waals surface area contributed by atoms with E-state index in [4.69, 9.17) is 4.98 Å². The van der Waals surface area contributed by atoms with E-state index in [1.54, 1.807) is 7.05 Å². The first-order chi connectivity index (χ1) is 9.86. The second-order valence-corrected chi connectivity index (χ2v) is 6.40. The van der Waals surface area contributed by atoms with Gasteiger partial charge in [-0.15, -0.1) is 0 Å². The van der Waals surface area contributed by atoms with Crippen molar-refractivity contribution in [1.82, 2.24) is 15.3 Å². The molecule has 0 spiro atoms. The first-order valence-electron chi connectivity index (χ1n) is 7.42. The molecule has 1 aromatic rings. The molecule has 1 aliphatic heterocycles. The zero-order valence-electron chi connectivity index (χ0n) is 13.5. The number of nitrogens with one attached hydrogen (secondary N) is 2. The summed E-state index contributed by atoms with van der Waals surface area (Å²) in [6.45, 7) is 7.12. The van der Waals surface area contributed by atoms with Crippen LogP contribution in [0.25, 0.3) is 0 Å². The van der Waals surface area contributed by atoms with E-state index in [1.165, 1.54) is 0 Å². The lowest BCUT2D eigenvalue weighted by Crippen LogP contribution is -2.42. The van der Waals surface area contributed by atoms with Crippen molar-refractivity contribution in [2.75, 3.05) is 30.9 Å². The third-order valence-electron chi connectivity index (χ3n) is 3.74. The summed E-state index contributed by atoms with van der Waals surface area (Å²) in [6, 6.07) is 1.78. The van der Waals surface area contributed by atoms with Gasteiger partial charge in [-0.1, -0.05) is 20.8 Å². The van der Waals surface area contributed by atoms with Crippen LogP contribution < -0.4 is 15.5 Å². The van der Waals surface area contributed by atoms with Crippen LogP contribution in [0.5, 0.6) is 0 Å². The van der Waals surface area contributed by atoms with Crippen LogP contribution >= 0.6 is 0 Å². The highest BCUT2D eigenvalue weighted by molar-refractivity contribution is 5.85. The van der Waals surface area contributed by atoms with Gasteiger partial charge in [-0.3, -0.25) is 4.79 Å². The van der Waals surface area contributed by atoms with Crippen molar-refractivity contribution in [3.63, 3.8) is 0 Å². The Morgan fingerprint density at radius 1 is 1.33 bits per heavy atom. The maximum absolute atomic E-state index is 12.0. The fourth-order valence-electron chi connectivity index (χ4n) is 2.53. The largest absolute Gasteiger partial charge is 0.373 e. The second kappa shape index (κ2) is 5.87. The molecule has 1 saturated heterocycles. The highest BCUT2D eigenvalue weighted by Gasteiger charge is 2.32. The summed E-state index contributed by atoms with van der Waals surface area (Å²) in [5.41, 5.74) is -0.135. The monoisotopic (exact) mass is 291 g/mol. The minimum Gasteiger partial charge on any atom is -0.373 e. The number of aromatic nitrogens is 2. The molecule has 1 unspecified atom stereocenters. The van der Waals surface area contributed by atoms with E-state index in [-0.39, 0.29) is 17.4 Å². The summed E-state index contributed by atoms with van der Waals surface area (Å²) >= 11 is 0. The van der Waals surface area contributed by atoms with Crippen molar-refractivity contribution in [3.8, 4) is 0 Å². The van der Waals surface area contributed by atoms with Gasteiger partial charge >= 0.3 is 0 Å². The third kappa shape index (κ3) is 3.25. The van der Waals surface area contributed by atoms with Gasteiger partial charge < -0.3 is 15.5 Å². The minimum absolute atomic E-state index is 0.0504. The molecule has 1 aromatic heterocycles. The van der Waals surface area contributed by atoms with E-state index in [0.717, 1.165) is 36.8 Å². The van der Waals surface area contributed by atoms with Gasteiger partial charge in [0.2, 0.25) is 5.91 Å². The molecule has 0 saturated carbocycles. The van der Waals surface area contributed by atoms with Gasteiger partial charge in [0.15, 0.2) is 0 Å². The Balaban J connectivity index is 2.40. The molecule has 6 nitrogen and oxygen atoms in total. The Morgan fingerprint density at radius 3 is 2.62 bits per heavy atom. The molecule has 0 bridgehead atoms. The maximum Gasteiger partial charge on any atom is 0.242 e. The Hall–Kier alpha value is -1.85. The van der Waals surface area contributed by atoms with E-state index < -0.39 is 0 Å². The number of rotatable bonds is 3. The topological polar surface area (TPSA) is 70.2 Å². The van der Waals surface area contributed by atoms with Crippen LogP contribution in [0.2, 0.25) is 0 Å². The Labute approximate surface area is 126 Å². The van der Waals surface area contributed by atoms with Crippen LogP contribution in [-0.4, -0.2) is 42.6 Å². The molecule has 0 aliphatic carbocycles. The molecular weight excluding hydrogens is 266 g/mol. The van der Waals surface area contributed by atoms with E-state index in [1.807, 2.05) is 13.1 Å². The minimum atomic E-state index is -0.137. The smallest absolute Gasteiger partial charge is 0.242 e. The van der Waals surface area contributed by atoms with Crippen LogP contribution in [0, 0.1) is 0 Å². The number of hydrogen-bond acceptors (Lipinski definition) is 5. The number of anilines is 2. The maximum atomic E-state index is 12.0. The summed E-state index contributed by atoms with van der Waals surface area (Å²) in [5, 5.41) is 5.82. The van der Waals surface area contributed by atoms with Crippen molar-refractivity contribution >= 4 is 17.5 Å². The molecule has 2 heterocycles. The van der Waals surface area contributed by atoms with Gasteiger partial charge in [-0.2, -0.15) is 0 Å². The van der Waals surface area contributed by atoms with Gasteiger partial charge in [0.05, 0.1) is 0 Å². The van der Waals surface area contributed by atoms with Gasteiger partial charge in [0.25, 0.3) is 0 Å². The normalized spacial score (nSPS) is 18.7. The average Bonchev–Trinajstić information content (AvgIpc) is 2.94. The first-order valence-corrected chi connectivity index (χ1v) is 7.42. The molecule has 6 heteroatoms. The quantitative estimate of drug-likeness (QED) is 0.884. The lowest BCUT2D eigenvalue weighted by molar-refractivity contribution is -0.121. The molecule has 2 N–H and O–H groups in total. The molecule has 21 heavy (non-hydrogen) atoms. The number of amides is 1. The number of hydrogen-bond donors (Lipinski definition) is 2. The Kier molecular flexibility index (Phi) is 4.34. The molecule has 116 valence electrons. The van der Waals surface area contributed by atoms with E-state index in [2.05, 4.69) is 41.3 Å². The van der Waals surface area contributed by atoms with Crippen LogP contribution in [0.4, 0.5) is 11.6 Å². The third-order valence-corrected chi connectivity index (χ3v) is 3.74. The molecule has 1 atom stereocenters. The standard InChI is InChI=1S/C15H25N5O/c1-15(2,3)14-18-11(16-4)9-12(19-14)20-8-6-7-10(20)13(21)17-5/h9-10H,6-8H2,1-5H3,(H,17,21)(H,16,18,19). The summed E-state index contributed by atoms with van der Waals surface area (Å²) in [6.07, 6.45) is 1.87. The van der Waals surface area contributed by atoms with Crippen LogP contribution in [0.3, 0.4) is 0 Å². The molecule has 2 rings (SSSR count). The second-order valence-electron chi connectivity index (χ2n) is 6.40. The van der Waals surface area contributed by atoms with Gasteiger partial charge in [-0.05, 0) is 12.8 Å².